The first-order valence-corrected chi connectivity index (χ1v) is 6.92. The van der Waals surface area contributed by atoms with Crippen LogP contribution in [-0.4, -0.2) is 34.1 Å². The van der Waals surface area contributed by atoms with Crippen LogP contribution in [0.2, 0.25) is 0 Å². The Balaban J connectivity index is 2.03. The number of aromatic nitrogens is 2. The summed E-state index contributed by atoms with van der Waals surface area (Å²) >= 11 is 3.24. The van der Waals surface area contributed by atoms with Crippen LogP contribution in [0.3, 0.4) is 0 Å². The Kier molecular flexibility index (Phi) is 4.34. The van der Waals surface area contributed by atoms with E-state index in [-0.39, 0.29) is 5.56 Å². The fraction of sp³-hybridized carbons (Fsp3) is 0.667. The first kappa shape index (κ1) is 12.8. The van der Waals surface area contributed by atoms with Crippen LogP contribution in [0.1, 0.15) is 25.1 Å². The summed E-state index contributed by atoms with van der Waals surface area (Å²) in [6.45, 7) is 5.88. The predicted octanol–water partition coefficient (Wildman–Crippen LogP) is 1.80. The quantitative estimate of drug-likeness (QED) is 0.854. The zero-order valence-electron chi connectivity index (χ0n) is 10.2. The molecule has 0 spiro atoms. The summed E-state index contributed by atoms with van der Waals surface area (Å²) in [4.78, 5) is 18.5. The topological polar surface area (TPSA) is 38.1 Å². The Morgan fingerprint density at radius 2 is 2.00 bits per heavy atom. The van der Waals surface area contributed by atoms with Crippen LogP contribution in [0.25, 0.3) is 0 Å². The van der Waals surface area contributed by atoms with Crippen molar-refractivity contribution in [3.63, 3.8) is 0 Å². The van der Waals surface area contributed by atoms with Crippen LogP contribution < -0.4 is 5.56 Å². The highest BCUT2D eigenvalue weighted by Crippen LogP contribution is 2.08. The van der Waals surface area contributed by atoms with Gasteiger partial charge in [-0.2, -0.15) is 0 Å². The van der Waals surface area contributed by atoms with Crippen molar-refractivity contribution < 1.29 is 0 Å². The maximum absolute atomic E-state index is 11.9. The third-order valence-electron chi connectivity index (χ3n) is 3.29. The Morgan fingerprint density at radius 1 is 1.29 bits per heavy atom. The largest absolute Gasteiger partial charge is 0.302 e. The van der Waals surface area contributed by atoms with Crippen molar-refractivity contribution in [3.05, 3.63) is 26.8 Å². The molecule has 1 aliphatic heterocycles. The maximum Gasteiger partial charge on any atom is 0.267 e. The molecule has 0 atom stereocenters. The third kappa shape index (κ3) is 3.16. The minimum absolute atomic E-state index is 0.0227. The number of piperidine rings is 1. The minimum atomic E-state index is 0.0227. The zero-order chi connectivity index (χ0) is 12.3. The van der Waals surface area contributed by atoms with Crippen molar-refractivity contribution in [2.75, 3.05) is 19.6 Å². The normalized spacial score (nSPS) is 17.3. The van der Waals surface area contributed by atoms with Gasteiger partial charge in [-0.25, -0.2) is 4.98 Å². The maximum atomic E-state index is 11.9. The van der Waals surface area contributed by atoms with Crippen LogP contribution in [0.4, 0.5) is 0 Å². The molecular weight excluding hydrogens is 282 g/mol. The van der Waals surface area contributed by atoms with Crippen LogP contribution in [0.5, 0.6) is 0 Å². The van der Waals surface area contributed by atoms with Crippen molar-refractivity contribution in [2.24, 2.45) is 0 Å². The molecule has 0 aliphatic carbocycles. The number of likely N-dealkylation sites (tertiary alicyclic amines) is 1. The van der Waals surface area contributed by atoms with Gasteiger partial charge < -0.3 is 4.90 Å². The molecule has 5 heteroatoms. The molecule has 0 bridgehead atoms. The van der Waals surface area contributed by atoms with E-state index in [9.17, 15) is 4.79 Å². The van der Waals surface area contributed by atoms with Gasteiger partial charge >= 0.3 is 0 Å². The van der Waals surface area contributed by atoms with Crippen molar-refractivity contribution in [1.82, 2.24) is 14.5 Å². The molecule has 1 aromatic heterocycles. The van der Waals surface area contributed by atoms with Gasteiger partial charge in [0, 0.05) is 19.3 Å². The molecule has 2 rings (SSSR count). The molecule has 0 radical (unpaired) electrons. The fourth-order valence-corrected chi connectivity index (χ4v) is 2.56. The van der Waals surface area contributed by atoms with Gasteiger partial charge in [0.05, 0.1) is 0 Å². The average molecular weight is 300 g/mol. The monoisotopic (exact) mass is 299 g/mol. The number of rotatable bonds is 3. The lowest BCUT2D eigenvalue weighted by Crippen LogP contribution is -2.35. The van der Waals surface area contributed by atoms with Gasteiger partial charge in [0.1, 0.15) is 10.3 Å². The van der Waals surface area contributed by atoms with Crippen LogP contribution in [0, 0.1) is 6.92 Å². The molecule has 94 valence electrons. The molecule has 0 amide bonds. The van der Waals surface area contributed by atoms with Crippen LogP contribution in [-0.2, 0) is 6.54 Å². The smallest absolute Gasteiger partial charge is 0.267 e. The molecule has 0 N–H and O–H groups in total. The van der Waals surface area contributed by atoms with Gasteiger partial charge in [0.15, 0.2) is 0 Å². The molecule has 1 saturated heterocycles. The third-order valence-corrected chi connectivity index (χ3v) is 3.84. The van der Waals surface area contributed by atoms with Crippen molar-refractivity contribution in [2.45, 2.75) is 32.7 Å². The summed E-state index contributed by atoms with van der Waals surface area (Å²) in [5, 5.41) is 0. The number of aryl methyl sites for hydroxylation is 1. The van der Waals surface area contributed by atoms with E-state index in [1.807, 2.05) is 6.92 Å². The van der Waals surface area contributed by atoms with E-state index in [0.29, 0.717) is 4.47 Å². The number of nitrogens with zero attached hydrogens (tertiary/aromatic N) is 3. The number of hydrogen-bond acceptors (Lipinski definition) is 3. The Labute approximate surface area is 110 Å². The Bertz CT molecular complexity index is 438. The summed E-state index contributed by atoms with van der Waals surface area (Å²) < 4.78 is 2.29. The highest BCUT2D eigenvalue weighted by atomic mass is 79.9. The van der Waals surface area contributed by atoms with Crippen molar-refractivity contribution in [1.29, 1.82) is 0 Å². The number of halogens is 1. The molecule has 0 aromatic carbocycles. The highest BCUT2D eigenvalue weighted by molar-refractivity contribution is 9.10. The molecule has 2 heterocycles. The second-order valence-corrected chi connectivity index (χ2v) is 5.37. The molecule has 1 aromatic rings. The summed E-state index contributed by atoms with van der Waals surface area (Å²) in [6.07, 6.45) is 5.48. The van der Waals surface area contributed by atoms with Crippen LogP contribution >= 0.6 is 15.9 Å². The molecule has 0 unspecified atom stereocenters. The van der Waals surface area contributed by atoms with E-state index in [2.05, 4.69) is 25.8 Å². The number of hydrogen-bond donors (Lipinski definition) is 0. The van der Waals surface area contributed by atoms with Crippen molar-refractivity contribution >= 4 is 15.9 Å². The lowest BCUT2D eigenvalue weighted by Gasteiger charge is -2.26. The van der Waals surface area contributed by atoms with Gasteiger partial charge in [-0.05, 0) is 48.8 Å². The van der Waals surface area contributed by atoms with E-state index >= 15 is 0 Å². The van der Waals surface area contributed by atoms with Gasteiger partial charge in [0.2, 0.25) is 0 Å². The highest BCUT2D eigenvalue weighted by Gasteiger charge is 2.11. The van der Waals surface area contributed by atoms with Gasteiger partial charge in [-0.3, -0.25) is 9.36 Å². The first-order chi connectivity index (χ1) is 8.18. The van der Waals surface area contributed by atoms with E-state index in [1.54, 1.807) is 10.8 Å². The SMILES string of the molecule is Cc1ncc(Br)c(=O)n1CCN1CCCCC1. The summed E-state index contributed by atoms with van der Waals surface area (Å²) in [6, 6.07) is 0. The summed E-state index contributed by atoms with van der Waals surface area (Å²) in [7, 11) is 0. The molecule has 4 nitrogen and oxygen atoms in total. The lowest BCUT2D eigenvalue weighted by atomic mass is 10.1. The molecule has 17 heavy (non-hydrogen) atoms. The van der Waals surface area contributed by atoms with Crippen LogP contribution in [0.15, 0.2) is 15.5 Å². The van der Waals surface area contributed by atoms with E-state index in [1.165, 1.54) is 19.3 Å². The minimum Gasteiger partial charge on any atom is -0.302 e. The molecule has 1 fully saturated rings. The second kappa shape index (κ2) is 5.78. The second-order valence-electron chi connectivity index (χ2n) is 4.51. The van der Waals surface area contributed by atoms with Gasteiger partial charge in [-0.1, -0.05) is 6.42 Å². The van der Waals surface area contributed by atoms with E-state index in [0.717, 1.165) is 32.0 Å². The molecule has 0 saturated carbocycles. The van der Waals surface area contributed by atoms with Crippen molar-refractivity contribution in [3.8, 4) is 0 Å². The fourth-order valence-electron chi connectivity index (χ4n) is 2.24. The predicted molar refractivity (Wildman–Crippen MR) is 71.2 cm³/mol. The Hall–Kier alpha value is -0.680. The summed E-state index contributed by atoms with van der Waals surface area (Å²) in [5.41, 5.74) is 0.0227. The lowest BCUT2D eigenvalue weighted by molar-refractivity contribution is 0.219. The van der Waals surface area contributed by atoms with E-state index in [4.69, 9.17) is 0 Å². The van der Waals surface area contributed by atoms with Gasteiger partial charge in [-0.15, -0.1) is 0 Å². The first-order valence-electron chi connectivity index (χ1n) is 6.13. The van der Waals surface area contributed by atoms with E-state index < -0.39 is 0 Å². The van der Waals surface area contributed by atoms with Gasteiger partial charge in [0.25, 0.3) is 5.56 Å². The zero-order valence-corrected chi connectivity index (χ0v) is 11.7. The molecule has 1 aliphatic rings. The molecular formula is C12H18BrN3O. The standard InChI is InChI=1S/C12H18BrN3O/c1-10-14-9-11(13)12(17)16(10)8-7-15-5-3-2-4-6-15/h9H,2-8H2,1H3. The summed E-state index contributed by atoms with van der Waals surface area (Å²) in [5.74, 6) is 0.787. The average Bonchev–Trinajstić information content (AvgIpc) is 2.35. The Morgan fingerprint density at radius 3 is 2.71 bits per heavy atom.